The van der Waals surface area contributed by atoms with Crippen molar-refractivity contribution in [3.8, 4) is 0 Å². The molecule has 0 aromatic heterocycles. The lowest BCUT2D eigenvalue weighted by Crippen LogP contribution is -2.48. The molecule has 0 radical (unpaired) electrons. The molecule has 0 spiro atoms. The quantitative estimate of drug-likeness (QED) is 0.0632. The molecule has 0 aromatic carbocycles. The molecule has 0 atom stereocenters. The zero-order valence-electron chi connectivity index (χ0n) is 29.4. The van der Waals surface area contributed by atoms with E-state index in [9.17, 15) is 0 Å². The maximum atomic E-state index is 3.56. The van der Waals surface area contributed by atoms with E-state index in [0.29, 0.717) is 0 Å². The van der Waals surface area contributed by atoms with Crippen LogP contribution in [-0.2, 0) is 0 Å². The third-order valence-corrected chi connectivity index (χ3v) is 9.14. The SMILES string of the molecule is CCCCCC=CCC=CCCCCCCCCC(CCCCCCCCC=CCC=CCCCCC)N1CCNCC1. The van der Waals surface area contributed by atoms with E-state index in [1.54, 1.807) is 0 Å². The Kier molecular flexibility index (Phi) is 31.3. The van der Waals surface area contributed by atoms with E-state index >= 15 is 0 Å². The Balaban J connectivity index is 2.02. The van der Waals surface area contributed by atoms with Gasteiger partial charge in [0.15, 0.2) is 0 Å². The first-order chi connectivity index (χ1) is 21.4. The molecule has 1 heterocycles. The summed E-state index contributed by atoms with van der Waals surface area (Å²) in [6, 6.07) is 0.832. The second kappa shape index (κ2) is 33.8. The highest BCUT2D eigenvalue weighted by atomic mass is 15.2. The largest absolute Gasteiger partial charge is 0.314 e. The average molecular weight is 597 g/mol. The lowest BCUT2D eigenvalue weighted by molar-refractivity contribution is 0.151. The predicted molar refractivity (Wildman–Crippen MR) is 196 cm³/mol. The van der Waals surface area contributed by atoms with Crippen LogP contribution in [0.4, 0.5) is 0 Å². The molecule has 0 aromatic rings. The number of piperazine rings is 1. The first kappa shape index (κ1) is 39.9. The number of unbranched alkanes of at least 4 members (excludes halogenated alkanes) is 18. The summed E-state index contributed by atoms with van der Waals surface area (Å²) < 4.78 is 0. The Bertz CT molecular complexity index is 607. The molecule has 1 N–H and O–H groups in total. The third-order valence-electron chi connectivity index (χ3n) is 9.14. The van der Waals surface area contributed by atoms with E-state index in [0.717, 1.165) is 18.9 Å². The average Bonchev–Trinajstić information content (AvgIpc) is 3.03. The standard InChI is InChI=1S/C41H76N2/c1-3-5-7-9-11-13-15-17-19-21-23-25-27-29-31-33-35-41(43-39-37-42-38-40-43)36-34-32-30-28-26-24-22-20-18-16-14-12-10-8-6-4-2/h11-14,17-20,41-42H,3-10,15-16,21-40H2,1-2H3. The van der Waals surface area contributed by atoms with Gasteiger partial charge in [-0.2, -0.15) is 0 Å². The van der Waals surface area contributed by atoms with Crippen LogP contribution < -0.4 is 5.32 Å². The molecule has 0 aliphatic carbocycles. The highest BCUT2D eigenvalue weighted by Crippen LogP contribution is 2.20. The second-order valence-corrected chi connectivity index (χ2v) is 13.2. The van der Waals surface area contributed by atoms with Gasteiger partial charge in [0.2, 0.25) is 0 Å². The summed E-state index contributed by atoms with van der Waals surface area (Å²) in [6.45, 7) is 9.44. The van der Waals surface area contributed by atoms with E-state index in [1.807, 2.05) is 0 Å². The van der Waals surface area contributed by atoms with Crippen molar-refractivity contribution >= 4 is 0 Å². The molecular formula is C41H76N2. The van der Waals surface area contributed by atoms with E-state index < -0.39 is 0 Å². The molecule has 0 saturated carbocycles. The molecule has 1 saturated heterocycles. The smallest absolute Gasteiger partial charge is 0.0110 e. The van der Waals surface area contributed by atoms with Gasteiger partial charge in [0.05, 0.1) is 0 Å². The molecule has 1 fully saturated rings. The second-order valence-electron chi connectivity index (χ2n) is 13.2. The number of hydrogen-bond donors (Lipinski definition) is 1. The number of rotatable bonds is 31. The van der Waals surface area contributed by atoms with Gasteiger partial charge in [0.25, 0.3) is 0 Å². The molecule has 2 heteroatoms. The topological polar surface area (TPSA) is 15.3 Å². The first-order valence-electron chi connectivity index (χ1n) is 19.4. The molecule has 1 aliphatic heterocycles. The lowest BCUT2D eigenvalue weighted by Gasteiger charge is -2.35. The molecule has 0 unspecified atom stereocenters. The lowest BCUT2D eigenvalue weighted by atomic mass is 9.98. The zero-order chi connectivity index (χ0) is 30.7. The van der Waals surface area contributed by atoms with Crippen molar-refractivity contribution in [1.29, 1.82) is 0 Å². The molecule has 250 valence electrons. The third kappa shape index (κ3) is 28.1. The minimum Gasteiger partial charge on any atom is -0.314 e. The predicted octanol–water partition coefficient (Wildman–Crippen LogP) is 12.7. The Labute approximate surface area is 271 Å². The van der Waals surface area contributed by atoms with Crippen molar-refractivity contribution in [2.75, 3.05) is 26.2 Å². The van der Waals surface area contributed by atoms with Gasteiger partial charge in [0, 0.05) is 32.2 Å². The van der Waals surface area contributed by atoms with Crippen molar-refractivity contribution in [3.63, 3.8) is 0 Å². The molecule has 0 bridgehead atoms. The summed E-state index contributed by atoms with van der Waals surface area (Å²) in [7, 11) is 0. The fourth-order valence-electron chi connectivity index (χ4n) is 6.29. The van der Waals surface area contributed by atoms with Crippen LogP contribution in [0.1, 0.15) is 181 Å². The summed E-state index contributed by atoms with van der Waals surface area (Å²) in [6.07, 6.45) is 54.2. The monoisotopic (exact) mass is 597 g/mol. The summed E-state index contributed by atoms with van der Waals surface area (Å²) in [5.74, 6) is 0. The number of hydrogen-bond acceptors (Lipinski definition) is 2. The van der Waals surface area contributed by atoms with E-state index in [2.05, 4.69) is 72.7 Å². The number of nitrogens with one attached hydrogen (secondary N) is 1. The van der Waals surface area contributed by atoms with E-state index in [4.69, 9.17) is 0 Å². The van der Waals surface area contributed by atoms with Gasteiger partial charge in [-0.15, -0.1) is 0 Å². The van der Waals surface area contributed by atoms with Gasteiger partial charge in [0.1, 0.15) is 0 Å². The van der Waals surface area contributed by atoms with Crippen LogP contribution in [-0.4, -0.2) is 37.1 Å². The van der Waals surface area contributed by atoms with Gasteiger partial charge in [-0.25, -0.2) is 0 Å². The molecular weight excluding hydrogens is 520 g/mol. The van der Waals surface area contributed by atoms with Crippen LogP contribution in [0.15, 0.2) is 48.6 Å². The van der Waals surface area contributed by atoms with Gasteiger partial charge in [-0.1, -0.05) is 152 Å². The van der Waals surface area contributed by atoms with Crippen LogP contribution in [0.2, 0.25) is 0 Å². The van der Waals surface area contributed by atoms with Crippen LogP contribution in [0.5, 0.6) is 0 Å². The summed E-state index contributed by atoms with van der Waals surface area (Å²) in [5, 5.41) is 3.56. The normalized spacial score (nSPS) is 15.7. The first-order valence-corrected chi connectivity index (χ1v) is 19.4. The van der Waals surface area contributed by atoms with Crippen molar-refractivity contribution in [3.05, 3.63) is 48.6 Å². The number of nitrogens with zero attached hydrogens (tertiary/aromatic N) is 1. The molecule has 2 nitrogen and oxygen atoms in total. The molecule has 1 rings (SSSR count). The van der Waals surface area contributed by atoms with Crippen LogP contribution in [0, 0.1) is 0 Å². The maximum absolute atomic E-state index is 3.56. The van der Waals surface area contributed by atoms with Crippen LogP contribution in [0.3, 0.4) is 0 Å². The van der Waals surface area contributed by atoms with Crippen molar-refractivity contribution in [2.24, 2.45) is 0 Å². The van der Waals surface area contributed by atoms with E-state index in [-0.39, 0.29) is 0 Å². The van der Waals surface area contributed by atoms with Gasteiger partial charge in [-0.05, 0) is 77.0 Å². The van der Waals surface area contributed by atoms with Crippen molar-refractivity contribution in [1.82, 2.24) is 10.2 Å². The minimum atomic E-state index is 0.832. The van der Waals surface area contributed by atoms with Gasteiger partial charge < -0.3 is 5.32 Å². The Morgan fingerprint density at radius 2 is 0.791 bits per heavy atom. The Morgan fingerprint density at radius 1 is 0.442 bits per heavy atom. The van der Waals surface area contributed by atoms with Gasteiger partial charge in [-0.3, -0.25) is 4.90 Å². The molecule has 43 heavy (non-hydrogen) atoms. The minimum absolute atomic E-state index is 0.832. The fraction of sp³-hybridized carbons (Fsp3) is 0.805. The Hall–Kier alpha value is -1.12. The maximum Gasteiger partial charge on any atom is 0.0110 e. The fourth-order valence-corrected chi connectivity index (χ4v) is 6.29. The van der Waals surface area contributed by atoms with Crippen LogP contribution >= 0.6 is 0 Å². The highest BCUT2D eigenvalue weighted by molar-refractivity contribution is 4.93. The molecule has 1 aliphatic rings. The van der Waals surface area contributed by atoms with Crippen molar-refractivity contribution in [2.45, 2.75) is 187 Å². The van der Waals surface area contributed by atoms with E-state index in [1.165, 1.54) is 180 Å². The summed E-state index contributed by atoms with van der Waals surface area (Å²) in [4.78, 5) is 2.82. The summed E-state index contributed by atoms with van der Waals surface area (Å²) >= 11 is 0. The van der Waals surface area contributed by atoms with Gasteiger partial charge >= 0.3 is 0 Å². The van der Waals surface area contributed by atoms with Crippen molar-refractivity contribution < 1.29 is 0 Å². The number of allylic oxidation sites excluding steroid dienone is 8. The molecule has 0 amide bonds. The highest BCUT2D eigenvalue weighted by Gasteiger charge is 2.19. The zero-order valence-corrected chi connectivity index (χ0v) is 29.4. The van der Waals surface area contributed by atoms with Crippen LogP contribution in [0.25, 0.3) is 0 Å². The summed E-state index contributed by atoms with van der Waals surface area (Å²) in [5.41, 5.74) is 0. The Morgan fingerprint density at radius 3 is 1.19 bits per heavy atom.